The van der Waals surface area contributed by atoms with Crippen molar-refractivity contribution in [3.63, 3.8) is 0 Å². The second kappa shape index (κ2) is 6.86. The van der Waals surface area contributed by atoms with Crippen molar-refractivity contribution < 1.29 is 4.39 Å². The van der Waals surface area contributed by atoms with Crippen molar-refractivity contribution >= 4 is 0 Å². The average molecular weight is 291 g/mol. The lowest BCUT2D eigenvalue weighted by Crippen LogP contribution is -2.40. The molecule has 0 bridgehead atoms. The predicted octanol–water partition coefficient (Wildman–Crippen LogP) is 2.34. The van der Waals surface area contributed by atoms with Gasteiger partial charge in [0.25, 0.3) is 0 Å². The molecule has 2 N–H and O–H groups in total. The Morgan fingerprint density at radius 3 is 2.67 bits per heavy atom. The van der Waals surface area contributed by atoms with Gasteiger partial charge in [0.15, 0.2) is 0 Å². The summed E-state index contributed by atoms with van der Waals surface area (Å²) in [6.45, 7) is 6.13. The number of likely N-dealkylation sites (tertiary alicyclic amines) is 2. The molecule has 3 nitrogen and oxygen atoms in total. The average Bonchev–Trinajstić information content (AvgIpc) is 2.98. The third kappa shape index (κ3) is 3.62. The highest BCUT2D eigenvalue weighted by Crippen LogP contribution is 2.22. The highest BCUT2D eigenvalue weighted by atomic mass is 19.1. The monoisotopic (exact) mass is 291 g/mol. The van der Waals surface area contributed by atoms with Gasteiger partial charge < -0.3 is 5.73 Å². The molecule has 0 aromatic heterocycles. The zero-order chi connectivity index (χ0) is 14.7. The summed E-state index contributed by atoms with van der Waals surface area (Å²) in [5.41, 5.74) is 7.86. The molecule has 2 aliphatic rings. The molecule has 0 aliphatic carbocycles. The van der Waals surface area contributed by atoms with E-state index in [2.05, 4.69) is 9.80 Å². The van der Waals surface area contributed by atoms with Crippen LogP contribution in [0.4, 0.5) is 4.39 Å². The molecule has 1 aromatic rings. The van der Waals surface area contributed by atoms with Gasteiger partial charge in [0.1, 0.15) is 5.82 Å². The van der Waals surface area contributed by atoms with Crippen molar-refractivity contribution in [1.29, 1.82) is 0 Å². The van der Waals surface area contributed by atoms with E-state index in [0.717, 1.165) is 25.2 Å². The fourth-order valence-corrected chi connectivity index (χ4v) is 3.72. The number of nitrogens with two attached hydrogens (primary N) is 1. The van der Waals surface area contributed by atoms with E-state index in [0.29, 0.717) is 12.6 Å². The topological polar surface area (TPSA) is 32.5 Å². The first kappa shape index (κ1) is 14.9. The molecule has 3 rings (SSSR count). The number of hydrogen-bond donors (Lipinski definition) is 1. The predicted molar refractivity (Wildman–Crippen MR) is 83.4 cm³/mol. The summed E-state index contributed by atoms with van der Waals surface area (Å²) in [4.78, 5) is 5.16. The second-order valence-corrected chi connectivity index (χ2v) is 6.39. The van der Waals surface area contributed by atoms with Crippen LogP contribution in [-0.2, 0) is 13.1 Å². The van der Waals surface area contributed by atoms with Crippen molar-refractivity contribution in [1.82, 2.24) is 9.80 Å². The molecule has 0 amide bonds. The standard InChI is InChI=1S/C17H26FN3/c18-16-5-4-14(15(10-16)11-19)12-20-9-6-17(13-20)21-7-2-1-3-8-21/h4-5,10,17H,1-3,6-9,11-13,19H2. The second-order valence-electron chi connectivity index (χ2n) is 6.39. The molecule has 0 saturated carbocycles. The number of rotatable bonds is 4. The summed E-state index contributed by atoms with van der Waals surface area (Å²) in [6, 6.07) is 5.73. The minimum absolute atomic E-state index is 0.188. The van der Waals surface area contributed by atoms with Gasteiger partial charge >= 0.3 is 0 Å². The Bertz CT molecular complexity index is 471. The van der Waals surface area contributed by atoms with Gasteiger partial charge in [-0.3, -0.25) is 9.80 Å². The van der Waals surface area contributed by atoms with Crippen LogP contribution in [0.15, 0.2) is 18.2 Å². The summed E-state index contributed by atoms with van der Waals surface area (Å²) in [5.74, 6) is -0.188. The van der Waals surface area contributed by atoms with E-state index < -0.39 is 0 Å². The summed E-state index contributed by atoms with van der Waals surface area (Å²) in [6.07, 6.45) is 5.36. The number of nitrogens with zero attached hydrogens (tertiary/aromatic N) is 2. The lowest BCUT2D eigenvalue weighted by molar-refractivity contribution is 0.161. The van der Waals surface area contributed by atoms with Gasteiger partial charge in [-0.15, -0.1) is 0 Å². The van der Waals surface area contributed by atoms with Gasteiger partial charge in [0.2, 0.25) is 0 Å². The molecular weight excluding hydrogens is 265 g/mol. The zero-order valence-corrected chi connectivity index (χ0v) is 12.7. The molecule has 0 spiro atoms. The van der Waals surface area contributed by atoms with Crippen molar-refractivity contribution in [2.45, 2.75) is 44.8 Å². The molecule has 0 radical (unpaired) electrons. The van der Waals surface area contributed by atoms with E-state index in [1.54, 1.807) is 12.1 Å². The smallest absolute Gasteiger partial charge is 0.123 e. The Balaban J connectivity index is 1.59. The zero-order valence-electron chi connectivity index (χ0n) is 12.7. The third-order valence-corrected chi connectivity index (χ3v) is 4.94. The lowest BCUT2D eigenvalue weighted by Gasteiger charge is -2.32. The fourth-order valence-electron chi connectivity index (χ4n) is 3.72. The van der Waals surface area contributed by atoms with E-state index in [1.807, 2.05) is 6.07 Å². The summed E-state index contributed by atoms with van der Waals surface area (Å²) in [7, 11) is 0. The number of benzene rings is 1. The Kier molecular flexibility index (Phi) is 4.88. The Hall–Kier alpha value is -0.970. The van der Waals surface area contributed by atoms with Crippen molar-refractivity contribution in [3.05, 3.63) is 35.1 Å². The van der Waals surface area contributed by atoms with Gasteiger partial charge in [-0.2, -0.15) is 0 Å². The van der Waals surface area contributed by atoms with E-state index in [1.165, 1.54) is 44.3 Å². The SMILES string of the molecule is NCc1cc(F)ccc1CN1CCC(N2CCCCC2)C1. The van der Waals surface area contributed by atoms with Gasteiger partial charge in [-0.25, -0.2) is 4.39 Å². The van der Waals surface area contributed by atoms with Crippen molar-refractivity contribution in [3.8, 4) is 0 Å². The van der Waals surface area contributed by atoms with Crippen LogP contribution >= 0.6 is 0 Å². The van der Waals surface area contributed by atoms with Crippen molar-refractivity contribution in [2.75, 3.05) is 26.2 Å². The quantitative estimate of drug-likeness (QED) is 0.924. The number of hydrogen-bond acceptors (Lipinski definition) is 3. The molecule has 116 valence electrons. The molecule has 2 saturated heterocycles. The molecule has 2 fully saturated rings. The highest BCUT2D eigenvalue weighted by Gasteiger charge is 2.28. The van der Waals surface area contributed by atoms with Crippen LogP contribution in [0.3, 0.4) is 0 Å². The van der Waals surface area contributed by atoms with Crippen LogP contribution < -0.4 is 5.73 Å². The van der Waals surface area contributed by atoms with Crippen LogP contribution in [0.25, 0.3) is 0 Å². The van der Waals surface area contributed by atoms with E-state index in [9.17, 15) is 4.39 Å². The van der Waals surface area contributed by atoms with Gasteiger partial charge in [0.05, 0.1) is 0 Å². The molecule has 1 aromatic carbocycles. The molecular formula is C17H26FN3. The molecule has 4 heteroatoms. The molecule has 1 atom stereocenters. The van der Waals surface area contributed by atoms with Gasteiger partial charge in [0, 0.05) is 32.2 Å². The largest absolute Gasteiger partial charge is 0.326 e. The minimum atomic E-state index is -0.188. The number of halogens is 1. The van der Waals surface area contributed by atoms with Crippen LogP contribution in [0.2, 0.25) is 0 Å². The van der Waals surface area contributed by atoms with Crippen LogP contribution in [0.5, 0.6) is 0 Å². The maximum atomic E-state index is 13.3. The van der Waals surface area contributed by atoms with E-state index in [4.69, 9.17) is 5.73 Å². The molecule has 1 unspecified atom stereocenters. The third-order valence-electron chi connectivity index (χ3n) is 4.94. The summed E-state index contributed by atoms with van der Waals surface area (Å²) in [5, 5.41) is 0. The first-order chi connectivity index (χ1) is 10.3. The number of piperidine rings is 1. The van der Waals surface area contributed by atoms with Gasteiger partial charge in [-0.1, -0.05) is 12.5 Å². The maximum absolute atomic E-state index is 13.3. The molecule has 21 heavy (non-hydrogen) atoms. The Morgan fingerprint density at radius 2 is 1.90 bits per heavy atom. The minimum Gasteiger partial charge on any atom is -0.326 e. The Morgan fingerprint density at radius 1 is 1.10 bits per heavy atom. The first-order valence-electron chi connectivity index (χ1n) is 8.20. The highest BCUT2D eigenvalue weighted by molar-refractivity contribution is 5.27. The first-order valence-corrected chi connectivity index (χ1v) is 8.20. The molecule has 2 heterocycles. The van der Waals surface area contributed by atoms with Crippen molar-refractivity contribution in [2.24, 2.45) is 5.73 Å². The normalized spacial score (nSPS) is 24.6. The van der Waals surface area contributed by atoms with Crippen LogP contribution in [0, 0.1) is 5.82 Å². The molecule has 2 aliphatic heterocycles. The fraction of sp³-hybridized carbons (Fsp3) is 0.647. The van der Waals surface area contributed by atoms with Gasteiger partial charge in [-0.05, 0) is 55.6 Å². The summed E-state index contributed by atoms with van der Waals surface area (Å²) < 4.78 is 13.3. The lowest BCUT2D eigenvalue weighted by atomic mass is 10.1. The Labute approximate surface area is 126 Å². The van der Waals surface area contributed by atoms with E-state index >= 15 is 0 Å². The maximum Gasteiger partial charge on any atom is 0.123 e. The van der Waals surface area contributed by atoms with Crippen LogP contribution in [0.1, 0.15) is 36.8 Å². The van der Waals surface area contributed by atoms with E-state index in [-0.39, 0.29) is 5.82 Å². The summed E-state index contributed by atoms with van der Waals surface area (Å²) >= 11 is 0. The van der Waals surface area contributed by atoms with Crippen LogP contribution in [-0.4, -0.2) is 42.0 Å².